The van der Waals surface area contributed by atoms with Gasteiger partial charge < -0.3 is 0 Å². The lowest BCUT2D eigenvalue weighted by Gasteiger charge is -2.12. The van der Waals surface area contributed by atoms with E-state index in [0.29, 0.717) is 25.1 Å². The molecule has 0 spiro atoms. The summed E-state index contributed by atoms with van der Waals surface area (Å²) >= 11 is 1.54. The highest BCUT2D eigenvalue weighted by Gasteiger charge is 2.28. The average molecular weight is 265 g/mol. The largest absolute Gasteiger partial charge is 0.282 e. The van der Waals surface area contributed by atoms with Crippen LogP contribution < -0.4 is 0 Å². The number of amides is 2. The predicted molar refractivity (Wildman–Crippen MR) is 68.2 cm³/mol. The number of likely N-dealkylation sites (tertiary alicyclic amines) is 1. The molecule has 5 nitrogen and oxygen atoms in total. The van der Waals surface area contributed by atoms with E-state index in [2.05, 4.69) is 9.97 Å². The van der Waals surface area contributed by atoms with Gasteiger partial charge in [-0.3, -0.25) is 14.5 Å². The molecule has 18 heavy (non-hydrogen) atoms. The van der Waals surface area contributed by atoms with Crippen molar-refractivity contribution in [3.05, 3.63) is 17.6 Å². The second-order valence-electron chi connectivity index (χ2n) is 4.18. The zero-order valence-electron chi connectivity index (χ0n) is 10.5. The molecule has 1 aromatic heterocycles. The fourth-order valence-corrected chi connectivity index (χ4v) is 2.80. The Hall–Kier alpha value is -1.43. The second-order valence-corrected chi connectivity index (χ2v) is 5.30. The average Bonchev–Trinajstić information content (AvgIpc) is 2.59. The van der Waals surface area contributed by atoms with Crippen LogP contribution in [-0.4, -0.2) is 39.0 Å². The van der Waals surface area contributed by atoms with Crippen LogP contribution in [0.15, 0.2) is 11.1 Å². The van der Waals surface area contributed by atoms with Gasteiger partial charge in [0.25, 0.3) is 0 Å². The molecule has 6 heteroatoms. The smallest absolute Gasteiger partial charge is 0.229 e. The van der Waals surface area contributed by atoms with E-state index in [0.717, 1.165) is 16.5 Å². The van der Waals surface area contributed by atoms with E-state index < -0.39 is 0 Å². The van der Waals surface area contributed by atoms with E-state index in [-0.39, 0.29) is 11.8 Å². The number of rotatable bonds is 4. The highest BCUT2D eigenvalue weighted by molar-refractivity contribution is 7.99. The van der Waals surface area contributed by atoms with E-state index in [4.69, 9.17) is 0 Å². The molecule has 0 radical (unpaired) electrons. The fourth-order valence-electron chi connectivity index (χ4n) is 1.87. The van der Waals surface area contributed by atoms with Crippen molar-refractivity contribution in [1.82, 2.24) is 14.9 Å². The number of nitrogens with zero attached hydrogens (tertiary/aromatic N) is 3. The number of aryl methyl sites for hydroxylation is 2. The van der Waals surface area contributed by atoms with Crippen molar-refractivity contribution in [2.45, 2.75) is 31.7 Å². The molecule has 0 atom stereocenters. The quantitative estimate of drug-likeness (QED) is 0.467. The molecule has 0 N–H and O–H groups in total. The zero-order valence-corrected chi connectivity index (χ0v) is 11.3. The molecule has 96 valence electrons. The highest BCUT2D eigenvalue weighted by Crippen LogP contribution is 2.18. The lowest BCUT2D eigenvalue weighted by atomic mass is 10.4. The van der Waals surface area contributed by atoms with Gasteiger partial charge in [-0.15, -0.1) is 11.8 Å². The number of carbonyl (C=O) groups excluding carboxylic acids is 2. The lowest BCUT2D eigenvalue weighted by Crippen LogP contribution is -2.31. The number of carbonyl (C=O) groups is 2. The molecule has 1 aliphatic heterocycles. The Balaban J connectivity index is 1.88. The van der Waals surface area contributed by atoms with Crippen molar-refractivity contribution < 1.29 is 9.59 Å². The Kier molecular flexibility index (Phi) is 3.96. The van der Waals surface area contributed by atoms with Crippen molar-refractivity contribution >= 4 is 23.6 Å². The van der Waals surface area contributed by atoms with Gasteiger partial charge in [-0.25, -0.2) is 9.97 Å². The highest BCUT2D eigenvalue weighted by atomic mass is 32.2. The van der Waals surface area contributed by atoms with Gasteiger partial charge in [0.15, 0.2) is 0 Å². The molecule has 0 unspecified atom stereocenters. The molecular formula is C12H15N3O2S. The number of imide groups is 1. The third kappa shape index (κ3) is 3.07. The van der Waals surface area contributed by atoms with Crippen molar-refractivity contribution in [2.75, 3.05) is 12.3 Å². The van der Waals surface area contributed by atoms with E-state index in [1.54, 1.807) is 11.8 Å². The van der Waals surface area contributed by atoms with E-state index >= 15 is 0 Å². The van der Waals surface area contributed by atoms with E-state index in [1.165, 1.54) is 4.90 Å². The topological polar surface area (TPSA) is 63.2 Å². The lowest BCUT2D eigenvalue weighted by molar-refractivity contribution is -0.137. The second kappa shape index (κ2) is 5.48. The maximum atomic E-state index is 11.4. The van der Waals surface area contributed by atoms with Gasteiger partial charge in [0.1, 0.15) is 10.9 Å². The van der Waals surface area contributed by atoms with Gasteiger partial charge in [-0.2, -0.15) is 0 Å². The van der Waals surface area contributed by atoms with Gasteiger partial charge in [0.05, 0.1) is 0 Å². The molecule has 0 saturated carbocycles. The number of aromatic nitrogens is 2. The molecule has 0 aromatic carbocycles. The minimum atomic E-state index is -0.0596. The summed E-state index contributed by atoms with van der Waals surface area (Å²) in [6.45, 7) is 4.24. The minimum Gasteiger partial charge on any atom is -0.282 e. The Morgan fingerprint density at radius 2 is 1.89 bits per heavy atom. The van der Waals surface area contributed by atoms with Crippen LogP contribution in [-0.2, 0) is 9.59 Å². The molecule has 2 heterocycles. The summed E-state index contributed by atoms with van der Waals surface area (Å²) in [6, 6.07) is 1.91. The number of hydrogen-bond acceptors (Lipinski definition) is 5. The van der Waals surface area contributed by atoms with Crippen LogP contribution >= 0.6 is 11.8 Å². The molecular weight excluding hydrogens is 250 g/mol. The zero-order chi connectivity index (χ0) is 13.1. The number of hydrogen-bond donors (Lipinski definition) is 0. The Bertz CT molecular complexity index is 454. The third-order valence-electron chi connectivity index (χ3n) is 2.66. The molecule has 1 aliphatic rings. The summed E-state index contributed by atoms with van der Waals surface area (Å²) < 4.78 is 0. The van der Waals surface area contributed by atoms with Gasteiger partial charge in [0, 0.05) is 30.8 Å². The first kappa shape index (κ1) is 13.0. The molecule has 1 saturated heterocycles. The number of thioether (sulfide) groups is 1. The van der Waals surface area contributed by atoms with Crippen LogP contribution in [0, 0.1) is 13.8 Å². The standard InChI is InChI=1S/C12H15N3O2S/c1-8-7-10(14-9(2)13-8)18-6-5-15-11(16)3-4-12(15)17/h7H,3-6H2,1-2H3. The van der Waals surface area contributed by atoms with Crippen LogP contribution in [0.25, 0.3) is 0 Å². The van der Waals surface area contributed by atoms with Crippen molar-refractivity contribution in [2.24, 2.45) is 0 Å². The van der Waals surface area contributed by atoms with Gasteiger partial charge in [-0.1, -0.05) is 0 Å². The summed E-state index contributed by atoms with van der Waals surface area (Å²) in [5.74, 6) is 1.30. The Morgan fingerprint density at radius 3 is 2.50 bits per heavy atom. The molecule has 1 fully saturated rings. The van der Waals surface area contributed by atoms with Gasteiger partial charge in [-0.05, 0) is 19.9 Å². The first-order valence-corrected chi connectivity index (χ1v) is 6.83. The first-order chi connectivity index (χ1) is 8.56. The fraction of sp³-hybridized carbons (Fsp3) is 0.500. The van der Waals surface area contributed by atoms with Crippen LogP contribution in [0.4, 0.5) is 0 Å². The summed E-state index contributed by atoms with van der Waals surface area (Å²) in [7, 11) is 0. The summed E-state index contributed by atoms with van der Waals surface area (Å²) in [6.07, 6.45) is 0.713. The predicted octanol–water partition coefficient (Wildman–Crippen LogP) is 1.33. The van der Waals surface area contributed by atoms with Gasteiger partial charge in [0.2, 0.25) is 11.8 Å². The van der Waals surface area contributed by atoms with Crippen LogP contribution in [0.3, 0.4) is 0 Å². The van der Waals surface area contributed by atoms with Crippen LogP contribution in [0.5, 0.6) is 0 Å². The summed E-state index contributed by atoms with van der Waals surface area (Å²) in [5, 5.41) is 0.888. The third-order valence-corrected chi connectivity index (χ3v) is 3.55. The first-order valence-electron chi connectivity index (χ1n) is 5.84. The van der Waals surface area contributed by atoms with Crippen molar-refractivity contribution in [1.29, 1.82) is 0 Å². The molecule has 2 rings (SSSR count). The monoisotopic (exact) mass is 265 g/mol. The Labute approximate surface area is 110 Å². The van der Waals surface area contributed by atoms with Gasteiger partial charge >= 0.3 is 0 Å². The van der Waals surface area contributed by atoms with Crippen molar-refractivity contribution in [3.63, 3.8) is 0 Å². The van der Waals surface area contributed by atoms with Crippen LogP contribution in [0.2, 0.25) is 0 Å². The maximum absolute atomic E-state index is 11.4. The van der Waals surface area contributed by atoms with Crippen molar-refractivity contribution in [3.8, 4) is 0 Å². The maximum Gasteiger partial charge on any atom is 0.229 e. The molecule has 2 amide bonds. The Morgan fingerprint density at radius 1 is 1.22 bits per heavy atom. The molecule has 0 aliphatic carbocycles. The SMILES string of the molecule is Cc1cc(SCCN2C(=O)CCC2=O)nc(C)n1. The molecule has 1 aromatic rings. The van der Waals surface area contributed by atoms with Crippen LogP contribution in [0.1, 0.15) is 24.4 Å². The minimum absolute atomic E-state index is 0.0596. The normalized spacial score (nSPS) is 15.6. The summed E-state index contributed by atoms with van der Waals surface area (Å²) in [4.78, 5) is 32.7. The van der Waals surface area contributed by atoms with E-state index in [1.807, 2.05) is 19.9 Å². The summed E-state index contributed by atoms with van der Waals surface area (Å²) in [5.41, 5.74) is 0.929. The van der Waals surface area contributed by atoms with E-state index in [9.17, 15) is 9.59 Å². The molecule has 0 bridgehead atoms.